The van der Waals surface area contributed by atoms with E-state index in [0.29, 0.717) is 18.7 Å². The fraction of sp³-hybridized carbons (Fsp3) is 0.429. The molecule has 1 atom stereocenters. The second kappa shape index (κ2) is 5.31. The van der Waals surface area contributed by atoms with E-state index < -0.39 is 12.0 Å². The molecule has 0 fully saturated rings. The van der Waals surface area contributed by atoms with Crippen LogP contribution in [0.3, 0.4) is 0 Å². The maximum Gasteiger partial charge on any atom is 0.320 e. The standard InChI is InChI=1S/C7H13N3O2/c1-2-10-6(9)4-3-5(8)7(11)12/h2,5H,1,3-4,8H2,(H2,9,10)(H,11,12). The zero-order valence-corrected chi connectivity index (χ0v) is 6.73. The van der Waals surface area contributed by atoms with Crippen LogP contribution in [0.1, 0.15) is 12.8 Å². The van der Waals surface area contributed by atoms with Gasteiger partial charge in [0.05, 0.1) is 5.84 Å². The highest BCUT2D eigenvalue weighted by molar-refractivity contribution is 5.82. The molecule has 5 N–H and O–H groups in total. The molecule has 0 aliphatic carbocycles. The van der Waals surface area contributed by atoms with Crippen molar-refractivity contribution in [2.45, 2.75) is 18.9 Å². The average molecular weight is 171 g/mol. The molecule has 0 saturated carbocycles. The minimum atomic E-state index is -1.03. The fourth-order valence-electron chi connectivity index (χ4n) is 0.609. The van der Waals surface area contributed by atoms with Crippen molar-refractivity contribution in [1.82, 2.24) is 0 Å². The third-order valence-corrected chi connectivity index (χ3v) is 1.29. The lowest BCUT2D eigenvalue weighted by Crippen LogP contribution is -2.31. The monoisotopic (exact) mass is 171 g/mol. The number of hydrogen-bond acceptors (Lipinski definition) is 3. The summed E-state index contributed by atoms with van der Waals surface area (Å²) >= 11 is 0. The number of carbonyl (C=O) groups is 1. The van der Waals surface area contributed by atoms with Crippen molar-refractivity contribution in [3.05, 3.63) is 12.8 Å². The van der Waals surface area contributed by atoms with Crippen LogP contribution in [-0.2, 0) is 4.79 Å². The second-order valence-corrected chi connectivity index (χ2v) is 2.29. The molecule has 0 spiro atoms. The lowest BCUT2D eigenvalue weighted by atomic mass is 10.1. The van der Waals surface area contributed by atoms with Gasteiger partial charge in [0.15, 0.2) is 0 Å². The highest BCUT2D eigenvalue weighted by Crippen LogP contribution is 1.94. The van der Waals surface area contributed by atoms with Gasteiger partial charge >= 0.3 is 5.97 Å². The highest BCUT2D eigenvalue weighted by Gasteiger charge is 2.10. The van der Waals surface area contributed by atoms with Crippen LogP contribution in [0.4, 0.5) is 0 Å². The van der Waals surface area contributed by atoms with Crippen LogP contribution in [0.5, 0.6) is 0 Å². The SMILES string of the molecule is C=CN=C(N)CCC(N)C(=O)O. The van der Waals surface area contributed by atoms with Crippen LogP contribution < -0.4 is 11.5 Å². The first-order valence-electron chi connectivity index (χ1n) is 3.49. The number of aliphatic imine (C=N–C) groups is 1. The van der Waals surface area contributed by atoms with Gasteiger partial charge in [0.1, 0.15) is 6.04 Å². The Kier molecular flexibility index (Phi) is 4.71. The molecule has 0 radical (unpaired) electrons. The second-order valence-electron chi connectivity index (χ2n) is 2.29. The van der Waals surface area contributed by atoms with E-state index in [0.717, 1.165) is 0 Å². The third-order valence-electron chi connectivity index (χ3n) is 1.29. The molecule has 5 nitrogen and oxygen atoms in total. The first-order chi connectivity index (χ1) is 5.57. The molecule has 0 aromatic rings. The number of hydrogen-bond donors (Lipinski definition) is 3. The zero-order valence-electron chi connectivity index (χ0n) is 6.73. The van der Waals surface area contributed by atoms with Crippen LogP contribution in [-0.4, -0.2) is 23.0 Å². The topological polar surface area (TPSA) is 102 Å². The van der Waals surface area contributed by atoms with Crippen LogP contribution in [0.25, 0.3) is 0 Å². The quantitative estimate of drug-likeness (QED) is 0.389. The van der Waals surface area contributed by atoms with Gasteiger partial charge in [-0.3, -0.25) is 4.79 Å². The van der Waals surface area contributed by atoms with E-state index in [1.807, 2.05) is 0 Å². The van der Waals surface area contributed by atoms with Gasteiger partial charge in [0.25, 0.3) is 0 Å². The van der Waals surface area contributed by atoms with E-state index in [-0.39, 0.29) is 0 Å². The Labute approximate surface area is 70.8 Å². The molecule has 0 aliphatic rings. The Morgan fingerprint density at radius 2 is 2.33 bits per heavy atom. The number of aliphatic carboxylic acids is 1. The summed E-state index contributed by atoms with van der Waals surface area (Å²) < 4.78 is 0. The molecule has 1 unspecified atom stereocenters. The van der Waals surface area contributed by atoms with Gasteiger partial charge in [-0.15, -0.1) is 0 Å². The minimum Gasteiger partial charge on any atom is -0.480 e. The van der Waals surface area contributed by atoms with Gasteiger partial charge < -0.3 is 16.6 Å². The normalized spacial score (nSPS) is 13.9. The van der Waals surface area contributed by atoms with Gasteiger partial charge in [0, 0.05) is 12.6 Å². The van der Waals surface area contributed by atoms with Gasteiger partial charge in [-0.2, -0.15) is 0 Å². The summed E-state index contributed by atoms with van der Waals surface area (Å²) in [6.45, 7) is 3.35. The number of carboxylic acids is 1. The number of amidine groups is 1. The van der Waals surface area contributed by atoms with Gasteiger partial charge in [0.2, 0.25) is 0 Å². The van der Waals surface area contributed by atoms with Crippen LogP contribution >= 0.6 is 0 Å². The van der Waals surface area contributed by atoms with Crippen molar-refractivity contribution in [3.8, 4) is 0 Å². The average Bonchev–Trinajstić information content (AvgIpc) is 2.00. The molecule has 0 aromatic heterocycles. The van der Waals surface area contributed by atoms with E-state index in [1.54, 1.807) is 0 Å². The molecule has 68 valence electrons. The summed E-state index contributed by atoms with van der Waals surface area (Å²) in [6, 6.07) is -0.872. The summed E-state index contributed by atoms with van der Waals surface area (Å²) in [5, 5.41) is 8.40. The van der Waals surface area contributed by atoms with Crippen molar-refractivity contribution in [3.63, 3.8) is 0 Å². The Morgan fingerprint density at radius 3 is 2.75 bits per heavy atom. The zero-order chi connectivity index (χ0) is 9.56. The molecule has 0 amide bonds. The molecule has 0 aliphatic heterocycles. The Hall–Kier alpha value is -1.36. The van der Waals surface area contributed by atoms with Crippen molar-refractivity contribution in [2.24, 2.45) is 16.5 Å². The fourth-order valence-corrected chi connectivity index (χ4v) is 0.609. The van der Waals surface area contributed by atoms with Gasteiger partial charge in [-0.1, -0.05) is 6.58 Å². The molecule has 0 rings (SSSR count). The minimum absolute atomic E-state index is 0.290. The van der Waals surface area contributed by atoms with Crippen molar-refractivity contribution < 1.29 is 9.90 Å². The third kappa shape index (κ3) is 4.45. The van der Waals surface area contributed by atoms with E-state index >= 15 is 0 Å². The highest BCUT2D eigenvalue weighted by atomic mass is 16.4. The lowest BCUT2D eigenvalue weighted by Gasteiger charge is -2.04. The van der Waals surface area contributed by atoms with Crippen LogP contribution in [0, 0.1) is 0 Å². The van der Waals surface area contributed by atoms with Crippen molar-refractivity contribution in [2.75, 3.05) is 0 Å². The Balaban J connectivity index is 3.75. The van der Waals surface area contributed by atoms with Gasteiger partial charge in [-0.05, 0) is 6.42 Å². The van der Waals surface area contributed by atoms with E-state index in [4.69, 9.17) is 16.6 Å². The molecule has 12 heavy (non-hydrogen) atoms. The maximum absolute atomic E-state index is 10.2. The summed E-state index contributed by atoms with van der Waals surface area (Å²) in [4.78, 5) is 13.9. The number of carboxylic acid groups (broad SMARTS) is 1. The Bertz CT molecular complexity index is 201. The van der Waals surface area contributed by atoms with Crippen LogP contribution in [0.15, 0.2) is 17.8 Å². The number of nitrogens with zero attached hydrogens (tertiary/aromatic N) is 1. The molecule has 0 bridgehead atoms. The van der Waals surface area contributed by atoms with E-state index in [2.05, 4.69) is 11.6 Å². The summed E-state index contributed by atoms with van der Waals surface area (Å²) in [7, 11) is 0. The number of rotatable bonds is 5. The lowest BCUT2D eigenvalue weighted by molar-refractivity contribution is -0.138. The summed E-state index contributed by atoms with van der Waals surface area (Å²) in [6.07, 6.45) is 1.97. The smallest absolute Gasteiger partial charge is 0.320 e. The first-order valence-corrected chi connectivity index (χ1v) is 3.49. The van der Waals surface area contributed by atoms with E-state index in [9.17, 15) is 4.79 Å². The molecular formula is C7H13N3O2. The molecular weight excluding hydrogens is 158 g/mol. The summed E-state index contributed by atoms with van der Waals surface area (Å²) in [5.41, 5.74) is 10.6. The largest absolute Gasteiger partial charge is 0.480 e. The maximum atomic E-state index is 10.2. The first kappa shape index (κ1) is 10.6. The number of nitrogens with two attached hydrogens (primary N) is 2. The predicted octanol–water partition coefficient (Wildman–Crippen LogP) is -0.321. The Morgan fingerprint density at radius 1 is 1.75 bits per heavy atom. The summed E-state index contributed by atoms with van der Waals surface area (Å²) in [5.74, 6) is -0.678. The van der Waals surface area contributed by atoms with Gasteiger partial charge in [-0.25, -0.2) is 4.99 Å². The molecule has 5 heteroatoms. The van der Waals surface area contributed by atoms with Crippen LogP contribution in [0.2, 0.25) is 0 Å². The van der Waals surface area contributed by atoms with E-state index in [1.165, 1.54) is 6.20 Å². The molecule has 0 heterocycles. The van der Waals surface area contributed by atoms with Crippen molar-refractivity contribution >= 4 is 11.8 Å². The predicted molar refractivity (Wildman–Crippen MR) is 46.7 cm³/mol. The molecule has 0 aromatic carbocycles. The van der Waals surface area contributed by atoms with Crippen molar-refractivity contribution in [1.29, 1.82) is 0 Å². The molecule has 0 saturated heterocycles.